The predicted molar refractivity (Wildman–Crippen MR) is 78.4 cm³/mol. The van der Waals surface area contributed by atoms with Crippen molar-refractivity contribution in [3.05, 3.63) is 18.5 Å². The summed E-state index contributed by atoms with van der Waals surface area (Å²) in [4.78, 5) is 3.96. The normalized spacial score (nSPS) is 23.5. The summed E-state index contributed by atoms with van der Waals surface area (Å²) >= 11 is 0. The Labute approximate surface area is 120 Å². The average Bonchev–Trinajstić information content (AvgIpc) is 2.47. The van der Waals surface area contributed by atoms with Gasteiger partial charge in [-0.2, -0.15) is 0 Å². The number of hydrogen-bond donors (Lipinski definition) is 3. The highest BCUT2D eigenvalue weighted by molar-refractivity contribution is 7.89. The standard InChI is InChI=1S/C13H22N4O2S/c1-2-10-3-5-11(6-4-10)17-20(18,19)13-9-15-8-7-12(13)16-14/h7-11,17H,2-6,14H2,1H3,(H,15,16). The monoisotopic (exact) mass is 298 g/mol. The Hall–Kier alpha value is -1.18. The van der Waals surface area contributed by atoms with Gasteiger partial charge in [0.2, 0.25) is 10.0 Å². The summed E-state index contributed by atoms with van der Waals surface area (Å²) < 4.78 is 27.5. The predicted octanol–water partition coefficient (Wildman–Crippen LogP) is 1.61. The number of nitrogen functional groups attached to an aromatic ring is 1. The molecular formula is C13H22N4O2S. The maximum atomic E-state index is 12.4. The van der Waals surface area contributed by atoms with Gasteiger partial charge in [-0.05, 0) is 37.7 Å². The van der Waals surface area contributed by atoms with E-state index in [-0.39, 0.29) is 10.9 Å². The fraction of sp³-hybridized carbons (Fsp3) is 0.615. The smallest absolute Gasteiger partial charge is 0.244 e. The highest BCUT2D eigenvalue weighted by Crippen LogP contribution is 2.28. The van der Waals surface area contributed by atoms with Gasteiger partial charge in [-0.25, -0.2) is 13.1 Å². The van der Waals surface area contributed by atoms with Crippen LogP contribution in [-0.2, 0) is 10.0 Å². The molecule has 0 aromatic carbocycles. The molecule has 0 radical (unpaired) electrons. The van der Waals surface area contributed by atoms with Crippen LogP contribution in [0.15, 0.2) is 23.4 Å². The second-order valence-electron chi connectivity index (χ2n) is 5.26. The van der Waals surface area contributed by atoms with E-state index in [1.807, 2.05) is 0 Å². The van der Waals surface area contributed by atoms with Crippen LogP contribution in [-0.4, -0.2) is 19.4 Å². The number of pyridine rings is 1. The third-order valence-electron chi connectivity index (χ3n) is 3.98. The zero-order valence-electron chi connectivity index (χ0n) is 11.7. The van der Waals surface area contributed by atoms with Crippen molar-refractivity contribution in [1.82, 2.24) is 9.71 Å². The number of anilines is 1. The van der Waals surface area contributed by atoms with E-state index in [2.05, 4.69) is 22.1 Å². The molecule has 1 fully saturated rings. The van der Waals surface area contributed by atoms with E-state index in [0.29, 0.717) is 5.69 Å². The first kappa shape index (κ1) is 15.2. The Morgan fingerprint density at radius 3 is 2.65 bits per heavy atom. The lowest BCUT2D eigenvalue weighted by Crippen LogP contribution is -2.38. The van der Waals surface area contributed by atoms with Gasteiger partial charge in [0.15, 0.2) is 0 Å². The fourth-order valence-electron chi connectivity index (χ4n) is 2.68. The minimum atomic E-state index is -3.58. The molecule has 0 spiro atoms. The van der Waals surface area contributed by atoms with Crippen molar-refractivity contribution < 1.29 is 8.42 Å². The second-order valence-corrected chi connectivity index (χ2v) is 6.95. The Morgan fingerprint density at radius 2 is 2.05 bits per heavy atom. The first-order valence-corrected chi connectivity index (χ1v) is 8.48. The zero-order valence-corrected chi connectivity index (χ0v) is 12.5. The van der Waals surface area contributed by atoms with E-state index in [4.69, 9.17) is 5.84 Å². The molecule has 0 aliphatic heterocycles. The quantitative estimate of drug-likeness (QED) is 0.567. The van der Waals surface area contributed by atoms with Crippen LogP contribution in [0, 0.1) is 5.92 Å². The lowest BCUT2D eigenvalue weighted by atomic mass is 9.85. The van der Waals surface area contributed by atoms with Gasteiger partial charge in [0.25, 0.3) is 0 Å². The molecule has 20 heavy (non-hydrogen) atoms. The van der Waals surface area contributed by atoms with Gasteiger partial charge in [-0.1, -0.05) is 13.3 Å². The second kappa shape index (κ2) is 6.51. The molecule has 2 rings (SSSR count). The summed E-state index contributed by atoms with van der Waals surface area (Å²) in [6.07, 6.45) is 7.93. The number of hydrazine groups is 1. The summed E-state index contributed by atoms with van der Waals surface area (Å²) in [6.45, 7) is 2.18. The van der Waals surface area contributed by atoms with Gasteiger partial charge in [0, 0.05) is 18.4 Å². The Bertz CT molecular complexity index is 539. The average molecular weight is 298 g/mol. The van der Waals surface area contributed by atoms with E-state index < -0.39 is 10.0 Å². The molecule has 1 aliphatic rings. The van der Waals surface area contributed by atoms with Crippen molar-refractivity contribution in [3.63, 3.8) is 0 Å². The molecule has 0 atom stereocenters. The summed E-state index contributed by atoms with van der Waals surface area (Å²) in [6, 6.07) is 1.55. The molecule has 0 bridgehead atoms. The maximum Gasteiger partial charge on any atom is 0.244 e. The lowest BCUT2D eigenvalue weighted by molar-refractivity contribution is 0.306. The third kappa shape index (κ3) is 3.47. The number of nitrogens with one attached hydrogen (secondary N) is 2. The van der Waals surface area contributed by atoms with E-state index in [1.54, 1.807) is 6.07 Å². The van der Waals surface area contributed by atoms with E-state index in [1.165, 1.54) is 18.8 Å². The molecule has 4 N–H and O–H groups in total. The molecule has 0 amide bonds. The Morgan fingerprint density at radius 1 is 1.35 bits per heavy atom. The van der Waals surface area contributed by atoms with Gasteiger partial charge in [0.05, 0.1) is 5.69 Å². The largest absolute Gasteiger partial charge is 0.323 e. The summed E-state index contributed by atoms with van der Waals surface area (Å²) in [5, 5.41) is 0. The minimum absolute atomic E-state index is 0.00799. The Kier molecular flexibility index (Phi) is 4.95. The van der Waals surface area contributed by atoms with E-state index in [9.17, 15) is 8.42 Å². The van der Waals surface area contributed by atoms with Crippen LogP contribution in [0.4, 0.5) is 5.69 Å². The highest BCUT2D eigenvalue weighted by atomic mass is 32.2. The molecule has 1 heterocycles. The van der Waals surface area contributed by atoms with Crippen molar-refractivity contribution in [3.8, 4) is 0 Å². The van der Waals surface area contributed by atoms with Crippen LogP contribution in [0.1, 0.15) is 39.0 Å². The molecular weight excluding hydrogens is 276 g/mol. The molecule has 1 aliphatic carbocycles. The number of rotatable bonds is 5. The zero-order chi connectivity index (χ0) is 14.6. The molecule has 1 aromatic heterocycles. The summed E-state index contributed by atoms with van der Waals surface area (Å²) in [7, 11) is -3.58. The molecule has 112 valence electrons. The van der Waals surface area contributed by atoms with Crippen LogP contribution < -0.4 is 16.0 Å². The molecule has 6 nitrogen and oxygen atoms in total. The van der Waals surface area contributed by atoms with Crippen LogP contribution >= 0.6 is 0 Å². The molecule has 1 saturated carbocycles. The van der Waals surface area contributed by atoms with E-state index >= 15 is 0 Å². The van der Waals surface area contributed by atoms with Crippen LogP contribution in [0.3, 0.4) is 0 Å². The summed E-state index contributed by atoms with van der Waals surface area (Å²) in [5.74, 6) is 6.08. The number of nitrogens with zero attached hydrogens (tertiary/aromatic N) is 1. The fourth-order valence-corrected chi connectivity index (χ4v) is 4.10. The van der Waals surface area contributed by atoms with Crippen LogP contribution in [0.2, 0.25) is 0 Å². The van der Waals surface area contributed by atoms with Crippen molar-refractivity contribution >= 4 is 15.7 Å². The van der Waals surface area contributed by atoms with E-state index in [0.717, 1.165) is 31.6 Å². The SMILES string of the molecule is CCC1CCC(NS(=O)(=O)c2cnccc2NN)CC1. The van der Waals surface area contributed by atoms with Crippen molar-refractivity contribution in [2.75, 3.05) is 5.43 Å². The first-order valence-electron chi connectivity index (χ1n) is 6.99. The van der Waals surface area contributed by atoms with Crippen molar-refractivity contribution in [2.45, 2.75) is 50.0 Å². The summed E-state index contributed by atoms with van der Waals surface area (Å²) in [5.41, 5.74) is 2.75. The van der Waals surface area contributed by atoms with Crippen LogP contribution in [0.25, 0.3) is 0 Å². The van der Waals surface area contributed by atoms with Gasteiger partial charge in [0.1, 0.15) is 4.90 Å². The molecule has 1 aromatic rings. The Balaban J connectivity index is 2.08. The van der Waals surface area contributed by atoms with Crippen molar-refractivity contribution in [2.24, 2.45) is 11.8 Å². The maximum absolute atomic E-state index is 12.4. The number of sulfonamides is 1. The molecule has 0 saturated heterocycles. The van der Waals surface area contributed by atoms with Crippen LogP contribution in [0.5, 0.6) is 0 Å². The number of aromatic nitrogens is 1. The number of nitrogens with two attached hydrogens (primary N) is 1. The topological polar surface area (TPSA) is 97.1 Å². The van der Waals surface area contributed by atoms with Gasteiger partial charge < -0.3 is 5.43 Å². The molecule has 0 unspecified atom stereocenters. The third-order valence-corrected chi connectivity index (χ3v) is 5.52. The van der Waals surface area contributed by atoms with Gasteiger partial charge in [-0.15, -0.1) is 0 Å². The first-order chi connectivity index (χ1) is 9.56. The highest BCUT2D eigenvalue weighted by Gasteiger charge is 2.26. The van der Waals surface area contributed by atoms with Gasteiger partial charge >= 0.3 is 0 Å². The minimum Gasteiger partial charge on any atom is -0.323 e. The lowest BCUT2D eigenvalue weighted by Gasteiger charge is -2.28. The molecule has 7 heteroatoms. The van der Waals surface area contributed by atoms with Crippen molar-refractivity contribution in [1.29, 1.82) is 0 Å². The number of hydrogen-bond acceptors (Lipinski definition) is 5. The van der Waals surface area contributed by atoms with Gasteiger partial charge in [-0.3, -0.25) is 10.8 Å².